The van der Waals surface area contributed by atoms with E-state index in [0.717, 1.165) is 18.0 Å². The Bertz CT molecular complexity index is 794. The van der Waals surface area contributed by atoms with Gasteiger partial charge in [0.15, 0.2) is 0 Å². The van der Waals surface area contributed by atoms with Crippen LogP contribution in [-0.4, -0.2) is 26.2 Å². The molecule has 128 valence electrons. The summed E-state index contributed by atoms with van der Waals surface area (Å²) in [5.41, 5.74) is 2.11. The Hall–Kier alpha value is -2.73. The van der Waals surface area contributed by atoms with Crippen molar-refractivity contribution in [3.05, 3.63) is 60.2 Å². The molecule has 0 saturated heterocycles. The van der Waals surface area contributed by atoms with Gasteiger partial charge in [0.2, 0.25) is 0 Å². The summed E-state index contributed by atoms with van der Waals surface area (Å²) in [6, 6.07) is 18.8. The van der Waals surface area contributed by atoms with E-state index >= 15 is 0 Å². The largest absolute Gasteiger partial charge is 0.423 e. The molecule has 25 heavy (non-hydrogen) atoms. The first-order valence-electron chi connectivity index (χ1n) is 8.72. The van der Waals surface area contributed by atoms with Crippen LogP contribution in [-0.2, 0) is 6.54 Å². The van der Waals surface area contributed by atoms with Crippen molar-refractivity contribution in [1.82, 2.24) is 25.5 Å². The number of para-hydroxylation sites is 1. The molecule has 6 heteroatoms. The minimum atomic E-state index is 0.350. The van der Waals surface area contributed by atoms with Gasteiger partial charge in [0.1, 0.15) is 5.75 Å². The van der Waals surface area contributed by atoms with Gasteiger partial charge in [-0.3, -0.25) is 0 Å². The summed E-state index contributed by atoms with van der Waals surface area (Å²) < 4.78 is 7.42. The topological polar surface area (TPSA) is 64.9 Å². The van der Waals surface area contributed by atoms with Gasteiger partial charge < -0.3 is 10.1 Å². The Balaban J connectivity index is 1.41. The number of tetrazole rings is 1. The highest BCUT2D eigenvalue weighted by atomic mass is 16.5. The van der Waals surface area contributed by atoms with E-state index in [1.165, 1.54) is 31.2 Å². The fourth-order valence-corrected chi connectivity index (χ4v) is 3.15. The first-order valence-corrected chi connectivity index (χ1v) is 8.72. The molecule has 3 aromatic rings. The molecule has 1 fully saturated rings. The van der Waals surface area contributed by atoms with Gasteiger partial charge in [-0.15, -0.1) is 0 Å². The molecule has 6 nitrogen and oxygen atoms in total. The van der Waals surface area contributed by atoms with Crippen LogP contribution in [0, 0.1) is 0 Å². The number of hydrogen-bond acceptors (Lipinski definition) is 5. The Morgan fingerprint density at radius 3 is 2.52 bits per heavy atom. The van der Waals surface area contributed by atoms with E-state index in [-0.39, 0.29) is 0 Å². The maximum absolute atomic E-state index is 5.84. The highest BCUT2D eigenvalue weighted by molar-refractivity contribution is 5.34. The van der Waals surface area contributed by atoms with Crippen molar-refractivity contribution in [3.8, 4) is 17.4 Å². The molecule has 0 spiro atoms. The maximum atomic E-state index is 5.84. The summed E-state index contributed by atoms with van der Waals surface area (Å²) in [6.07, 6.45) is 5.29. The summed E-state index contributed by atoms with van der Waals surface area (Å²) in [4.78, 5) is 0. The number of ether oxygens (including phenoxy) is 1. The molecular weight excluding hydrogens is 314 g/mol. The van der Waals surface area contributed by atoms with Crippen molar-refractivity contribution in [1.29, 1.82) is 0 Å². The molecule has 1 aliphatic carbocycles. The molecule has 0 aliphatic heterocycles. The van der Waals surface area contributed by atoms with Gasteiger partial charge >= 0.3 is 6.01 Å². The molecule has 1 saturated carbocycles. The number of rotatable bonds is 6. The van der Waals surface area contributed by atoms with E-state index in [2.05, 4.69) is 33.0 Å². The zero-order valence-corrected chi connectivity index (χ0v) is 14.0. The molecule has 0 unspecified atom stereocenters. The van der Waals surface area contributed by atoms with Crippen LogP contribution in [0.4, 0.5) is 0 Å². The van der Waals surface area contributed by atoms with Crippen molar-refractivity contribution >= 4 is 0 Å². The minimum Gasteiger partial charge on any atom is -0.423 e. The van der Waals surface area contributed by atoms with Crippen LogP contribution < -0.4 is 10.1 Å². The van der Waals surface area contributed by atoms with E-state index in [1.807, 2.05) is 42.5 Å². The standard InChI is InChI=1S/C19H21N5O/c1-2-8-17(9-3-1)24-19(21-22-23-24)25-18-12-10-15(11-13-18)14-20-16-6-4-5-7-16/h1-3,8-13,16,20H,4-7,14H2. The number of hydrogen-bond donors (Lipinski definition) is 1. The molecule has 4 rings (SSSR count). The van der Waals surface area contributed by atoms with Crippen LogP contribution in [0.3, 0.4) is 0 Å². The molecule has 0 bridgehead atoms. The van der Waals surface area contributed by atoms with E-state index in [9.17, 15) is 0 Å². The van der Waals surface area contributed by atoms with Crippen LogP contribution >= 0.6 is 0 Å². The fraction of sp³-hybridized carbons (Fsp3) is 0.316. The Labute approximate surface area is 146 Å². The first kappa shape index (κ1) is 15.8. The zero-order valence-electron chi connectivity index (χ0n) is 14.0. The fourth-order valence-electron chi connectivity index (χ4n) is 3.15. The number of benzene rings is 2. The molecular formula is C19H21N5O. The quantitative estimate of drug-likeness (QED) is 0.747. The van der Waals surface area contributed by atoms with Gasteiger partial charge in [-0.2, -0.15) is 4.68 Å². The second-order valence-electron chi connectivity index (χ2n) is 6.32. The van der Waals surface area contributed by atoms with Crippen molar-refractivity contribution < 1.29 is 4.74 Å². The van der Waals surface area contributed by atoms with Gasteiger partial charge in [-0.05, 0) is 53.1 Å². The molecule has 0 amide bonds. The van der Waals surface area contributed by atoms with Gasteiger partial charge in [-0.1, -0.05) is 48.3 Å². The van der Waals surface area contributed by atoms with Crippen LogP contribution in [0.25, 0.3) is 5.69 Å². The predicted molar refractivity (Wildman–Crippen MR) is 94.8 cm³/mol. The lowest BCUT2D eigenvalue weighted by molar-refractivity contribution is 0.427. The third-order valence-electron chi connectivity index (χ3n) is 4.52. The second kappa shape index (κ2) is 7.44. The first-order chi connectivity index (χ1) is 12.4. The predicted octanol–water partition coefficient (Wildman–Crippen LogP) is 3.49. The molecule has 1 heterocycles. The molecule has 1 aromatic heterocycles. The average molecular weight is 335 g/mol. The lowest BCUT2D eigenvalue weighted by atomic mass is 10.2. The minimum absolute atomic E-state index is 0.350. The average Bonchev–Trinajstić information content (AvgIpc) is 3.34. The number of nitrogens with zero attached hydrogens (tertiary/aromatic N) is 4. The summed E-state index contributed by atoms with van der Waals surface area (Å²) >= 11 is 0. The molecule has 1 N–H and O–H groups in total. The van der Waals surface area contributed by atoms with Crippen LogP contribution in [0.5, 0.6) is 11.8 Å². The molecule has 0 atom stereocenters. The van der Waals surface area contributed by atoms with Gasteiger partial charge in [0.05, 0.1) is 5.69 Å². The summed E-state index contributed by atoms with van der Waals surface area (Å²) in [6.45, 7) is 0.896. The van der Waals surface area contributed by atoms with Crippen molar-refractivity contribution in [3.63, 3.8) is 0 Å². The van der Waals surface area contributed by atoms with Crippen molar-refractivity contribution in [2.24, 2.45) is 0 Å². The zero-order chi connectivity index (χ0) is 16.9. The summed E-state index contributed by atoms with van der Waals surface area (Å²) in [7, 11) is 0. The Morgan fingerprint density at radius 2 is 1.76 bits per heavy atom. The van der Waals surface area contributed by atoms with Crippen LogP contribution in [0.15, 0.2) is 54.6 Å². The van der Waals surface area contributed by atoms with Crippen LogP contribution in [0.2, 0.25) is 0 Å². The lowest BCUT2D eigenvalue weighted by Crippen LogP contribution is -2.25. The van der Waals surface area contributed by atoms with E-state index in [1.54, 1.807) is 4.68 Å². The van der Waals surface area contributed by atoms with E-state index < -0.39 is 0 Å². The third kappa shape index (κ3) is 3.85. The monoisotopic (exact) mass is 335 g/mol. The highest BCUT2D eigenvalue weighted by Crippen LogP contribution is 2.22. The number of nitrogens with one attached hydrogen (secondary N) is 1. The Kier molecular flexibility index (Phi) is 4.70. The molecule has 0 radical (unpaired) electrons. The maximum Gasteiger partial charge on any atom is 0.345 e. The number of aromatic nitrogens is 4. The van der Waals surface area contributed by atoms with Gasteiger partial charge in [0.25, 0.3) is 0 Å². The van der Waals surface area contributed by atoms with E-state index in [4.69, 9.17) is 4.74 Å². The normalized spacial score (nSPS) is 14.7. The third-order valence-corrected chi connectivity index (χ3v) is 4.52. The summed E-state index contributed by atoms with van der Waals surface area (Å²) in [5, 5.41) is 15.3. The summed E-state index contributed by atoms with van der Waals surface area (Å²) in [5.74, 6) is 0.719. The van der Waals surface area contributed by atoms with E-state index in [0.29, 0.717) is 12.1 Å². The van der Waals surface area contributed by atoms with Crippen LogP contribution in [0.1, 0.15) is 31.2 Å². The second-order valence-corrected chi connectivity index (χ2v) is 6.32. The van der Waals surface area contributed by atoms with Gasteiger partial charge in [-0.25, -0.2) is 0 Å². The van der Waals surface area contributed by atoms with Gasteiger partial charge in [0, 0.05) is 12.6 Å². The van der Waals surface area contributed by atoms with Crippen molar-refractivity contribution in [2.75, 3.05) is 0 Å². The highest BCUT2D eigenvalue weighted by Gasteiger charge is 2.14. The molecule has 2 aromatic carbocycles. The van der Waals surface area contributed by atoms with Crippen molar-refractivity contribution in [2.45, 2.75) is 38.3 Å². The lowest BCUT2D eigenvalue weighted by Gasteiger charge is -2.12. The molecule has 1 aliphatic rings. The SMILES string of the molecule is c1ccc(-n2nnnc2Oc2ccc(CNC3CCCC3)cc2)cc1. The smallest absolute Gasteiger partial charge is 0.345 e. The Morgan fingerprint density at radius 1 is 1.00 bits per heavy atom.